The molecule has 0 radical (unpaired) electrons. The summed E-state index contributed by atoms with van der Waals surface area (Å²) in [4.78, 5) is 13.7. The van der Waals surface area contributed by atoms with Crippen molar-refractivity contribution in [2.24, 2.45) is 0 Å². The van der Waals surface area contributed by atoms with Crippen molar-refractivity contribution < 1.29 is 13.2 Å². The zero-order valence-electron chi connectivity index (χ0n) is 14.0. The Balaban J connectivity index is 1.84. The molecule has 0 aromatic heterocycles. The molecule has 1 amide bonds. The van der Waals surface area contributed by atoms with Crippen LogP contribution in [0.15, 0.2) is 35.7 Å². The third-order valence-corrected chi connectivity index (χ3v) is 5.43. The van der Waals surface area contributed by atoms with Crippen LogP contribution in [-0.4, -0.2) is 62.8 Å². The summed E-state index contributed by atoms with van der Waals surface area (Å²) in [7, 11) is -3.42. The van der Waals surface area contributed by atoms with Gasteiger partial charge in [-0.05, 0) is 18.1 Å². The van der Waals surface area contributed by atoms with Crippen molar-refractivity contribution in [2.75, 3.05) is 39.3 Å². The Bertz CT molecular complexity index is 651. The average molecular weight is 351 g/mol. The summed E-state index contributed by atoms with van der Waals surface area (Å²) in [5.41, 5.74) is 0.854. The third-order valence-electron chi connectivity index (χ3n) is 3.86. The van der Waals surface area contributed by atoms with Gasteiger partial charge in [-0.15, -0.1) is 0 Å². The lowest BCUT2D eigenvalue weighted by Gasteiger charge is -2.32. The second-order valence-electron chi connectivity index (χ2n) is 5.78. The van der Waals surface area contributed by atoms with Crippen molar-refractivity contribution in [2.45, 2.75) is 13.3 Å². The highest BCUT2D eigenvalue weighted by Crippen LogP contribution is 2.11. The van der Waals surface area contributed by atoms with Crippen molar-refractivity contribution in [1.82, 2.24) is 14.5 Å². The molecule has 1 aromatic rings. The first-order valence-corrected chi connectivity index (χ1v) is 9.74. The van der Waals surface area contributed by atoms with E-state index >= 15 is 0 Å². The van der Waals surface area contributed by atoms with Gasteiger partial charge in [0.1, 0.15) is 0 Å². The standard InChI is InChI=1S/C17H25N3O3S/c1-2-9-18-17(21)15-19-10-12-20(13-11-19)24(22,23)14-8-16-6-4-3-5-7-16/h3-8,14H,2,9-13,15H2,1H3,(H,18,21)/b14-8+. The minimum Gasteiger partial charge on any atom is -0.355 e. The number of nitrogens with one attached hydrogen (secondary N) is 1. The van der Waals surface area contributed by atoms with Crippen LogP contribution >= 0.6 is 0 Å². The zero-order valence-corrected chi connectivity index (χ0v) is 14.8. The molecule has 1 aliphatic heterocycles. The van der Waals surface area contributed by atoms with E-state index in [1.807, 2.05) is 42.2 Å². The number of sulfonamides is 1. The van der Waals surface area contributed by atoms with E-state index in [0.29, 0.717) is 39.3 Å². The number of carbonyl (C=O) groups is 1. The van der Waals surface area contributed by atoms with Crippen LogP contribution in [0.25, 0.3) is 6.08 Å². The molecule has 0 atom stereocenters. The fourth-order valence-corrected chi connectivity index (χ4v) is 3.65. The van der Waals surface area contributed by atoms with Crippen LogP contribution in [0.2, 0.25) is 0 Å². The van der Waals surface area contributed by atoms with Crippen molar-refractivity contribution in [1.29, 1.82) is 0 Å². The largest absolute Gasteiger partial charge is 0.355 e. The molecular weight excluding hydrogens is 326 g/mol. The third kappa shape index (κ3) is 5.74. The summed E-state index contributed by atoms with van der Waals surface area (Å²) in [5.74, 6) is -0.00266. The molecular formula is C17H25N3O3S. The van der Waals surface area contributed by atoms with Crippen LogP contribution in [0.4, 0.5) is 0 Å². The lowest BCUT2D eigenvalue weighted by molar-refractivity contribution is -0.122. The van der Waals surface area contributed by atoms with Gasteiger partial charge in [-0.25, -0.2) is 8.42 Å². The molecule has 0 bridgehead atoms. The molecule has 0 aliphatic carbocycles. The highest BCUT2D eigenvalue weighted by Gasteiger charge is 2.25. The Labute approximate surface area is 144 Å². The van der Waals surface area contributed by atoms with Crippen LogP contribution in [0, 0.1) is 0 Å². The number of hydrogen-bond donors (Lipinski definition) is 1. The predicted molar refractivity (Wildman–Crippen MR) is 95.7 cm³/mol. The van der Waals surface area contributed by atoms with E-state index in [0.717, 1.165) is 12.0 Å². The number of hydrogen-bond acceptors (Lipinski definition) is 4. The van der Waals surface area contributed by atoms with E-state index in [1.165, 1.54) is 9.71 Å². The monoisotopic (exact) mass is 351 g/mol. The van der Waals surface area contributed by atoms with Gasteiger partial charge >= 0.3 is 0 Å². The molecule has 1 aliphatic rings. The maximum atomic E-state index is 12.4. The van der Waals surface area contributed by atoms with Crippen LogP contribution in [0.1, 0.15) is 18.9 Å². The maximum absolute atomic E-state index is 12.4. The summed E-state index contributed by atoms with van der Waals surface area (Å²) < 4.78 is 26.2. The topological polar surface area (TPSA) is 69.7 Å². The summed E-state index contributed by atoms with van der Waals surface area (Å²) in [5, 5.41) is 4.09. The number of piperazine rings is 1. The Morgan fingerprint density at radius 2 is 1.83 bits per heavy atom. The van der Waals surface area contributed by atoms with Gasteiger partial charge in [0.15, 0.2) is 0 Å². The van der Waals surface area contributed by atoms with E-state index in [-0.39, 0.29) is 5.91 Å². The summed E-state index contributed by atoms with van der Waals surface area (Å²) in [6.07, 6.45) is 2.52. The molecule has 24 heavy (non-hydrogen) atoms. The average Bonchev–Trinajstić information content (AvgIpc) is 2.60. The predicted octanol–water partition coefficient (Wildman–Crippen LogP) is 1.13. The summed E-state index contributed by atoms with van der Waals surface area (Å²) in [6, 6.07) is 9.35. The fourth-order valence-electron chi connectivity index (χ4n) is 2.48. The minimum absolute atomic E-state index is 0.00266. The smallest absolute Gasteiger partial charge is 0.236 e. The second kappa shape index (κ2) is 8.96. The van der Waals surface area contributed by atoms with E-state index in [1.54, 1.807) is 6.08 Å². The highest BCUT2D eigenvalue weighted by molar-refractivity contribution is 7.92. The van der Waals surface area contributed by atoms with Gasteiger partial charge < -0.3 is 5.32 Å². The van der Waals surface area contributed by atoms with Crippen molar-refractivity contribution >= 4 is 22.0 Å². The Morgan fingerprint density at radius 1 is 1.17 bits per heavy atom. The first kappa shape index (κ1) is 18.6. The zero-order chi connectivity index (χ0) is 17.4. The summed E-state index contributed by atoms with van der Waals surface area (Å²) in [6.45, 7) is 4.96. The molecule has 1 saturated heterocycles. The van der Waals surface area contributed by atoms with Gasteiger partial charge in [-0.2, -0.15) is 4.31 Å². The molecule has 0 spiro atoms. The fraction of sp³-hybridized carbons (Fsp3) is 0.471. The molecule has 1 N–H and O–H groups in total. The van der Waals surface area contributed by atoms with Crippen molar-refractivity contribution in [3.05, 3.63) is 41.3 Å². The number of carbonyl (C=O) groups excluding carboxylic acids is 1. The molecule has 7 heteroatoms. The Kier molecular flexibility index (Phi) is 6.96. The van der Waals surface area contributed by atoms with E-state index < -0.39 is 10.0 Å². The molecule has 0 saturated carbocycles. The number of nitrogens with zero attached hydrogens (tertiary/aromatic N) is 2. The lowest BCUT2D eigenvalue weighted by atomic mass is 10.2. The summed E-state index contributed by atoms with van der Waals surface area (Å²) >= 11 is 0. The van der Waals surface area contributed by atoms with E-state index in [2.05, 4.69) is 5.32 Å². The minimum atomic E-state index is -3.42. The quantitative estimate of drug-likeness (QED) is 0.800. The molecule has 1 fully saturated rings. The van der Waals surface area contributed by atoms with Crippen molar-refractivity contribution in [3.63, 3.8) is 0 Å². The van der Waals surface area contributed by atoms with Gasteiger partial charge in [0.05, 0.1) is 6.54 Å². The van der Waals surface area contributed by atoms with E-state index in [9.17, 15) is 13.2 Å². The van der Waals surface area contributed by atoms with Gasteiger partial charge in [0, 0.05) is 38.1 Å². The first-order valence-electron chi connectivity index (χ1n) is 8.23. The first-order chi connectivity index (χ1) is 11.5. The maximum Gasteiger partial charge on any atom is 0.236 e. The van der Waals surface area contributed by atoms with Crippen LogP contribution < -0.4 is 5.32 Å². The van der Waals surface area contributed by atoms with E-state index in [4.69, 9.17) is 0 Å². The lowest BCUT2D eigenvalue weighted by Crippen LogP contribution is -2.50. The second-order valence-corrected chi connectivity index (χ2v) is 7.60. The van der Waals surface area contributed by atoms with Crippen LogP contribution in [-0.2, 0) is 14.8 Å². The van der Waals surface area contributed by atoms with Gasteiger partial charge in [0.2, 0.25) is 15.9 Å². The SMILES string of the molecule is CCCNC(=O)CN1CCN(S(=O)(=O)/C=C/c2ccccc2)CC1. The van der Waals surface area contributed by atoms with Crippen molar-refractivity contribution in [3.8, 4) is 0 Å². The molecule has 0 unspecified atom stereocenters. The molecule has 1 heterocycles. The molecule has 132 valence electrons. The van der Waals surface area contributed by atoms with Crippen LogP contribution in [0.5, 0.6) is 0 Å². The Hall–Kier alpha value is -1.70. The molecule has 6 nitrogen and oxygen atoms in total. The van der Waals surface area contributed by atoms with Gasteiger partial charge in [0.25, 0.3) is 0 Å². The molecule has 1 aromatic carbocycles. The normalized spacial score (nSPS) is 17.2. The van der Waals surface area contributed by atoms with Gasteiger partial charge in [-0.1, -0.05) is 37.3 Å². The molecule has 2 rings (SSSR count). The number of rotatable bonds is 7. The number of amides is 1. The van der Waals surface area contributed by atoms with Gasteiger partial charge in [-0.3, -0.25) is 9.69 Å². The Morgan fingerprint density at radius 3 is 2.46 bits per heavy atom. The highest BCUT2D eigenvalue weighted by atomic mass is 32.2. The number of benzene rings is 1. The van der Waals surface area contributed by atoms with Crippen LogP contribution in [0.3, 0.4) is 0 Å².